The number of nitro groups is 1. The number of carbonyl (C=O) groups excluding carboxylic acids is 1. The highest BCUT2D eigenvalue weighted by Gasteiger charge is 2.39. The topological polar surface area (TPSA) is 116 Å². The second-order valence-corrected chi connectivity index (χ2v) is 3.77. The molecule has 0 radical (unpaired) electrons. The Morgan fingerprint density at radius 3 is 2.79 bits per heavy atom. The summed E-state index contributed by atoms with van der Waals surface area (Å²) in [6, 6.07) is 2.55. The van der Waals surface area contributed by atoms with E-state index in [-0.39, 0.29) is 5.76 Å². The number of rotatable bonds is 4. The molecular formula is C10H11N3O6. The third-order valence-corrected chi connectivity index (χ3v) is 2.40. The second-order valence-electron chi connectivity index (χ2n) is 3.77. The lowest BCUT2D eigenvalue weighted by molar-refractivity contribution is -0.402. The molecule has 1 aromatic heterocycles. The van der Waals surface area contributed by atoms with Crippen molar-refractivity contribution in [3.8, 4) is 0 Å². The van der Waals surface area contributed by atoms with E-state index in [9.17, 15) is 14.9 Å². The van der Waals surface area contributed by atoms with Crippen molar-refractivity contribution in [1.29, 1.82) is 0 Å². The highest BCUT2D eigenvalue weighted by atomic mass is 16.7. The zero-order chi connectivity index (χ0) is 13.9. The number of amides is 1. The molecular weight excluding hydrogens is 258 g/mol. The van der Waals surface area contributed by atoms with Crippen molar-refractivity contribution < 1.29 is 23.6 Å². The van der Waals surface area contributed by atoms with Crippen molar-refractivity contribution in [3.05, 3.63) is 28.0 Å². The molecule has 0 aliphatic carbocycles. The number of furan rings is 1. The van der Waals surface area contributed by atoms with Gasteiger partial charge < -0.3 is 13.9 Å². The largest absolute Gasteiger partial charge is 0.433 e. The summed E-state index contributed by atoms with van der Waals surface area (Å²) in [4.78, 5) is 21.4. The van der Waals surface area contributed by atoms with Crippen LogP contribution in [0.3, 0.4) is 0 Å². The summed E-state index contributed by atoms with van der Waals surface area (Å²) in [5, 5.41) is 14.0. The Morgan fingerprint density at radius 1 is 1.53 bits per heavy atom. The van der Waals surface area contributed by atoms with Gasteiger partial charge in [-0.15, -0.1) is 0 Å². The van der Waals surface area contributed by atoms with E-state index in [2.05, 4.69) is 10.5 Å². The first-order chi connectivity index (χ1) is 9.01. The summed E-state index contributed by atoms with van der Waals surface area (Å²) in [5.74, 6) is -2.18. The lowest BCUT2D eigenvalue weighted by atomic mass is 10.3. The Bertz CT molecular complexity index is 517. The van der Waals surface area contributed by atoms with Crippen LogP contribution in [0.15, 0.2) is 21.7 Å². The fraction of sp³-hybridized carbons (Fsp3) is 0.400. The van der Waals surface area contributed by atoms with Gasteiger partial charge in [-0.3, -0.25) is 14.9 Å². The highest BCUT2D eigenvalue weighted by Crippen LogP contribution is 2.18. The van der Waals surface area contributed by atoms with Crippen LogP contribution in [0.25, 0.3) is 0 Å². The molecule has 0 spiro atoms. The molecule has 1 aliphatic rings. The summed E-state index contributed by atoms with van der Waals surface area (Å²) < 4.78 is 15.1. The monoisotopic (exact) mass is 269 g/mol. The normalized spacial score (nSPS) is 17.7. The molecule has 19 heavy (non-hydrogen) atoms. The van der Waals surface area contributed by atoms with Crippen LogP contribution in [-0.2, 0) is 14.3 Å². The number of ether oxygens (including phenoxy) is 2. The van der Waals surface area contributed by atoms with Crippen LogP contribution < -0.4 is 5.43 Å². The van der Waals surface area contributed by atoms with Crippen LogP contribution in [0.2, 0.25) is 0 Å². The smallest absolute Gasteiger partial charge is 0.400 e. The van der Waals surface area contributed by atoms with E-state index in [1.54, 1.807) is 0 Å². The van der Waals surface area contributed by atoms with Crippen molar-refractivity contribution >= 4 is 18.0 Å². The summed E-state index contributed by atoms with van der Waals surface area (Å²) in [5.41, 5.74) is 2.20. The number of hydrogen-bond acceptors (Lipinski definition) is 7. The molecule has 1 amide bonds. The highest BCUT2D eigenvalue weighted by molar-refractivity contribution is 5.85. The molecule has 9 heteroatoms. The molecule has 2 heterocycles. The van der Waals surface area contributed by atoms with Crippen LogP contribution in [0.4, 0.5) is 5.88 Å². The van der Waals surface area contributed by atoms with Crippen LogP contribution >= 0.6 is 0 Å². The maximum absolute atomic E-state index is 11.7. The second kappa shape index (κ2) is 5.16. The van der Waals surface area contributed by atoms with E-state index < -0.39 is 22.5 Å². The zero-order valence-corrected chi connectivity index (χ0v) is 9.99. The molecule has 0 aromatic carbocycles. The maximum Gasteiger partial charge on any atom is 0.433 e. The van der Waals surface area contributed by atoms with Crippen LogP contribution in [0.1, 0.15) is 12.7 Å². The maximum atomic E-state index is 11.7. The van der Waals surface area contributed by atoms with E-state index in [4.69, 9.17) is 13.9 Å². The summed E-state index contributed by atoms with van der Waals surface area (Å²) in [6.07, 6.45) is 1.14. The van der Waals surface area contributed by atoms with Crippen molar-refractivity contribution in [2.45, 2.75) is 12.7 Å². The Labute approximate surface area is 107 Å². The molecule has 1 N–H and O–H groups in total. The number of hydrazone groups is 1. The number of carbonyl (C=O) groups is 1. The van der Waals surface area contributed by atoms with Gasteiger partial charge in [0, 0.05) is 0 Å². The van der Waals surface area contributed by atoms with Gasteiger partial charge in [0.25, 0.3) is 5.91 Å². The molecule has 1 aliphatic heterocycles. The minimum atomic E-state index is -1.35. The van der Waals surface area contributed by atoms with Gasteiger partial charge >= 0.3 is 5.88 Å². The van der Waals surface area contributed by atoms with E-state index in [1.807, 2.05) is 0 Å². The average molecular weight is 269 g/mol. The van der Waals surface area contributed by atoms with Crippen LogP contribution in [-0.4, -0.2) is 36.0 Å². The van der Waals surface area contributed by atoms with Crippen LogP contribution in [0, 0.1) is 10.1 Å². The van der Waals surface area contributed by atoms with E-state index in [0.717, 1.165) is 6.21 Å². The van der Waals surface area contributed by atoms with Gasteiger partial charge in [0.1, 0.15) is 4.92 Å². The van der Waals surface area contributed by atoms with Gasteiger partial charge in [0.15, 0.2) is 5.76 Å². The molecule has 9 nitrogen and oxygen atoms in total. The molecule has 1 saturated heterocycles. The van der Waals surface area contributed by atoms with Crippen molar-refractivity contribution in [2.75, 3.05) is 13.2 Å². The first-order valence-electron chi connectivity index (χ1n) is 5.37. The lowest BCUT2D eigenvalue weighted by Crippen LogP contribution is -2.43. The Hall–Kier alpha value is -2.26. The quantitative estimate of drug-likeness (QED) is 0.480. The molecule has 2 rings (SSSR count). The molecule has 0 atom stereocenters. The van der Waals surface area contributed by atoms with Gasteiger partial charge in [-0.2, -0.15) is 5.10 Å². The number of nitrogens with zero attached hydrogens (tertiary/aromatic N) is 2. The minimum absolute atomic E-state index is 0.144. The van der Waals surface area contributed by atoms with Crippen molar-refractivity contribution in [1.82, 2.24) is 5.43 Å². The van der Waals surface area contributed by atoms with Crippen molar-refractivity contribution in [3.63, 3.8) is 0 Å². The average Bonchev–Trinajstić information content (AvgIpc) is 2.99. The molecule has 102 valence electrons. The van der Waals surface area contributed by atoms with Gasteiger partial charge in [0.05, 0.1) is 25.5 Å². The summed E-state index contributed by atoms with van der Waals surface area (Å²) in [6.45, 7) is 2.14. The predicted octanol–water partition coefficient (Wildman–Crippen LogP) is 0.401. The summed E-state index contributed by atoms with van der Waals surface area (Å²) >= 11 is 0. The number of nitrogens with one attached hydrogen (secondary N) is 1. The van der Waals surface area contributed by atoms with Gasteiger partial charge in [0.2, 0.25) is 5.79 Å². The standard InChI is InChI=1S/C10H11N3O6/c1-10(17-4-5-18-10)9(14)12-11-6-7-2-3-8(19-7)13(15)16/h2-3,6H,4-5H2,1H3,(H,12,14)/b11-6+. The van der Waals surface area contributed by atoms with Gasteiger partial charge in [-0.1, -0.05) is 0 Å². The fourth-order valence-corrected chi connectivity index (χ4v) is 1.41. The van der Waals surface area contributed by atoms with Crippen molar-refractivity contribution in [2.24, 2.45) is 5.10 Å². The first-order valence-corrected chi connectivity index (χ1v) is 5.37. The molecule has 0 bridgehead atoms. The SMILES string of the molecule is CC1(C(=O)N/N=C/c2ccc([N+](=O)[O-])o2)OCCO1. The van der Waals surface area contributed by atoms with E-state index in [1.165, 1.54) is 19.1 Å². The fourth-order valence-electron chi connectivity index (χ4n) is 1.41. The molecule has 0 unspecified atom stereocenters. The zero-order valence-electron chi connectivity index (χ0n) is 9.99. The van der Waals surface area contributed by atoms with E-state index in [0.29, 0.717) is 13.2 Å². The predicted molar refractivity (Wildman–Crippen MR) is 61.4 cm³/mol. The Kier molecular flexibility index (Phi) is 3.58. The van der Waals surface area contributed by atoms with Crippen LogP contribution in [0.5, 0.6) is 0 Å². The minimum Gasteiger partial charge on any atom is -0.400 e. The first kappa shape index (κ1) is 13.2. The van der Waals surface area contributed by atoms with Gasteiger partial charge in [-0.25, -0.2) is 5.43 Å². The Balaban J connectivity index is 1.92. The van der Waals surface area contributed by atoms with E-state index >= 15 is 0 Å². The van der Waals surface area contributed by atoms with Gasteiger partial charge in [-0.05, 0) is 13.0 Å². The number of hydrogen-bond donors (Lipinski definition) is 1. The Morgan fingerprint density at radius 2 is 2.21 bits per heavy atom. The molecule has 1 fully saturated rings. The molecule has 0 saturated carbocycles. The lowest BCUT2D eigenvalue weighted by Gasteiger charge is -2.18. The molecule has 1 aromatic rings. The third kappa shape index (κ3) is 2.95. The summed E-state index contributed by atoms with van der Waals surface area (Å²) in [7, 11) is 0. The third-order valence-electron chi connectivity index (χ3n) is 2.40.